The summed E-state index contributed by atoms with van der Waals surface area (Å²) in [5.74, 6) is 0.924. The van der Waals surface area contributed by atoms with E-state index in [4.69, 9.17) is 0 Å². The summed E-state index contributed by atoms with van der Waals surface area (Å²) in [5, 5.41) is 3.77. The van der Waals surface area contributed by atoms with E-state index < -0.39 is 0 Å². The molecule has 0 aliphatic heterocycles. The molecule has 1 amide bonds. The van der Waals surface area contributed by atoms with E-state index in [1.54, 1.807) is 18.0 Å². The second-order valence-electron chi connectivity index (χ2n) is 5.42. The van der Waals surface area contributed by atoms with Crippen molar-refractivity contribution in [1.82, 2.24) is 15.3 Å². The van der Waals surface area contributed by atoms with Crippen LogP contribution in [-0.4, -0.2) is 28.2 Å². The molecule has 6 heteroatoms. The van der Waals surface area contributed by atoms with Gasteiger partial charge >= 0.3 is 0 Å². The first-order valence-electron chi connectivity index (χ1n) is 8.09. The summed E-state index contributed by atoms with van der Waals surface area (Å²) in [7, 11) is 0. The summed E-state index contributed by atoms with van der Waals surface area (Å²) in [4.78, 5) is 23.1. The van der Waals surface area contributed by atoms with E-state index in [9.17, 15) is 4.79 Å². The number of benzene rings is 1. The summed E-state index contributed by atoms with van der Waals surface area (Å²) < 4.78 is 0. The van der Waals surface area contributed by atoms with E-state index in [2.05, 4.69) is 27.4 Å². The first-order chi connectivity index (χ1) is 12.2. The summed E-state index contributed by atoms with van der Waals surface area (Å²) >= 11 is 3.19. The Kier molecular flexibility index (Phi) is 6.19. The standard InChI is InChI=1S/C19H19N3OS2/c1-14-17(25-19(22-14)16-10-5-6-11-20-16)18(23)21-12-7-13-24-15-8-3-2-4-9-15/h2-6,8-11H,7,12-13H2,1H3,(H,21,23). The molecule has 0 atom stereocenters. The molecule has 0 aliphatic carbocycles. The maximum atomic E-state index is 12.4. The summed E-state index contributed by atoms with van der Waals surface area (Å²) in [6.07, 6.45) is 2.66. The van der Waals surface area contributed by atoms with Gasteiger partial charge in [0.1, 0.15) is 9.88 Å². The minimum atomic E-state index is -0.0538. The van der Waals surface area contributed by atoms with Gasteiger partial charge in [-0.05, 0) is 43.4 Å². The Balaban J connectivity index is 1.49. The average molecular weight is 370 g/mol. The number of rotatable bonds is 7. The highest BCUT2D eigenvalue weighted by Gasteiger charge is 2.16. The summed E-state index contributed by atoms with van der Waals surface area (Å²) in [6.45, 7) is 2.53. The van der Waals surface area contributed by atoms with Crippen molar-refractivity contribution in [3.05, 3.63) is 65.3 Å². The number of aryl methyl sites for hydroxylation is 1. The van der Waals surface area contributed by atoms with E-state index in [0.29, 0.717) is 11.4 Å². The van der Waals surface area contributed by atoms with Crippen molar-refractivity contribution in [2.45, 2.75) is 18.2 Å². The number of nitrogens with one attached hydrogen (secondary N) is 1. The van der Waals surface area contributed by atoms with E-state index in [-0.39, 0.29) is 5.91 Å². The lowest BCUT2D eigenvalue weighted by atomic mass is 10.3. The number of thiazole rings is 1. The second-order valence-corrected chi connectivity index (χ2v) is 7.59. The smallest absolute Gasteiger partial charge is 0.263 e. The Morgan fingerprint density at radius 3 is 2.72 bits per heavy atom. The molecule has 0 saturated heterocycles. The molecular formula is C19H19N3OS2. The Bertz CT molecular complexity index is 819. The highest BCUT2D eigenvalue weighted by molar-refractivity contribution is 7.99. The zero-order chi connectivity index (χ0) is 17.5. The predicted molar refractivity (Wildman–Crippen MR) is 104 cm³/mol. The third-order valence-corrected chi connectivity index (χ3v) is 5.78. The van der Waals surface area contributed by atoms with Crippen molar-refractivity contribution < 1.29 is 4.79 Å². The molecule has 3 aromatic rings. The maximum Gasteiger partial charge on any atom is 0.263 e. The molecule has 4 nitrogen and oxygen atoms in total. The van der Waals surface area contributed by atoms with E-state index >= 15 is 0 Å². The fourth-order valence-corrected chi connectivity index (χ4v) is 4.10. The molecule has 1 N–H and O–H groups in total. The number of hydrogen-bond acceptors (Lipinski definition) is 5. The van der Waals surface area contributed by atoms with Gasteiger partial charge in [-0.25, -0.2) is 4.98 Å². The number of pyridine rings is 1. The molecule has 0 saturated carbocycles. The monoisotopic (exact) mass is 369 g/mol. The zero-order valence-corrected chi connectivity index (χ0v) is 15.6. The van der Waals surface area contributed by atoms with E-state index in [0.717, 1.165) is 28.6 Å². The van der Waals surface area contributed by atoms with Gasteiger partial charge < -0.3 is 5.32 Å². The van der Waals surface area contributed by atoms with Crippen molar-refractivity contribution in [1.29, 1.82) is 0 Å². The van der Waals surface area contributed by atoms with E-state index in [1.807, 2.05) is 43.3 Å². The van der Waals surface area contributed by atoms with Crippen LogP contribution in [0.5, 0.6) is 0 Å². The highest BCUT2D eigenvalue weighted by Crippen LogP contribution is 2.26. The number of amides is 1. The lowest BCUT2D eigenvalue weighted by molar-refractivity contribution is 0.0957. The molecule has 1 aromatic carbocycles. The van der Waals surface area contributed by atoms with Gasteiger partial charge in [-0.1, -0.05) is 24.3 Å². The molecule has 2 heterocycles. The van der Waals surface area contributed by atoms with Gasteiger partial charge in [0.2, 0.25) is 0 Å². The molecule has 25 heavy (non-hydrogen) atoms. The van der Waals surface area contributed by atoms with Crippen molar-refractivity contribution >= 4 is 29.0 Å². The van der Waals surface area contributed by atoms with Gasteiger partial charge in [0.15, 0.2) is 0 Å². The molecule has 0 radical (unpaired) electrons. The second kappa shape index (κ2) is 8.78. The molecule has 0 bridgehead atoms. The molecule has 128 valence electrons. The third-order valence-electron chi connectivity index (χ3n) is 3.51. The molecule has 2 aromatic heterocycles. The molecule has 0 spiro atoms. The zero-order valence-electron chi connectivity index (χ0n) is 13.9. The molecular weight excluding hydrogens is 350 g/mol. The number of carbonyl (C=O) groups excluding carboxylic acids is 1. The van der Waals surface area contributed by atoms with Crippen LogP contribution in [-0.2, 0) is 0 Å². The van der Waals surface area contributed by atoms with E-state index in [1.165, 1.54) is 16.2 Å². The fourth-order valence-electron chi connectivity index (χ4n) is 2.27. The van der Waals surface area contributed by atoms with Crippen LogP contribution in [0.3, 0.4) is 0 Å². The third kappa shape index (κ3) is 4.90. The lowest BCUT2D eigenvalue weighted by Gasteiger charge is -2.04. The van der Waals surface area contributed by atoms with Crippen LogP contribution in [0.2, 0.25) is 0 Å². The predicted octanol–water partition coefficient (Wildman–Crippen LogP) is 4.43. The quantitative estimate of drug-likeness (QED) is 0.495. The van der Waals surface area contributed by atoms with Crippen LogP contribution in [0.1, 0.15) is 21.8 Å². The van der Waals surface area contributed by atoms with Crippen LogP contribution in [0.25, 0.3) is 10.7 Å². The Morgan fingerprint density at radius 2 is 1.96 bits per heavy atom. The number of hydrogen-bond donors (Lipinski definition) is 1. The molecule has 0 fully saturated rings. The van der Waals surface area contributed by atoms with Crippen LogP contribution >= 0.6 is 23.1 Å². The van der Waals surface area contributed by atoms with Crippen LogP contribution in [0.15, 0.2) is 59.6 Å². The number of aromatic nitrogens is 2. The Hall–Kier alpha value is -2.18. The minimum absolute atomic E-state index is 0.0538. The molecule has 0 aliphatic rings. The van der Waals surface area contributed by atoms with Crippen molar-refractivity contribution in [2.75, 3.05) is 12.3 Å². The van der Waals surface area contributed by atoms with Crippen LogP contribution < -0.4 is 5.32 Å². The van der Waals surface area contributed by atoms with Gasteiger partial charge in [0.25, 0.3) is 5.91 Å². The normalized spacial score (nSPS) is 10.6. The SMILES string of the molecule is Cc1nc(-c2ccccn2)sc1C(=O)NCCCSc1ccccc1. The number of nitrogens with zero attached hydrogens (tertiary/aromatic N) is 2. The fraction of sp³-hybridized carbons (Fsp3) is 0.211. The Labute approximate surface area is 155 Å². The van der Waals surface area contributed by atoms with Crippen LogP contribution in [0, 0.1) is 6.92 Å². The van der Waals surface area contributed by atoms with Gasteiger partial charge in [0.05, 0.1) is 11.4 Å². The van der Waals surface area contributed by atoms with Crippen molar-refractivity contribution in [2.24, 2.45) is 0 Å². The largest absolute Gasteiger partial charge is 0.351 e. The van der Waals surface area contributed by atoms with Gasteiger partial charge in [-0.15, -0.1) is 23.1 Å². The van der Waals surface area contributed by atoms with Crippen molar-refractivity contribution in [3.8, 4) is 10.7 Å². The lowest BCUT2D eigenvalue weighted by Crippen LogP contribution is -2.24. The van der Waals surface area contributed by atoms with Gasteiger partial charge in [0, 0.05) is 17.6 Å². The molecule has 3 rings (SSSR count). The van der Waals surface area contributed by atoms with Gasteiger partial charge in [-0.3, -0.25) is 9.78 Å². The Morgan fingerprint density at radius 1 is 1.16 bits per heavy atom. The molecule has 0 unspecified atom stereocenters. The summed E-state index contributed by atoms with van der Waals surface area (Å²) in [5.41, 5.74) is 1.55. The van der Waals surface area contributed by atoms with Gasteiger partial charge in [-0.2, -0.15) is 0 Å². The minimum Gasteiger partial charge on any atom is -0.351 e. The number of thioether (sulfide) groups is 1. The first-order valence-corrected chi connectivity index (χ1v) is 9.89. The first kappa shape index (κ1) is 17.6. The topological polar surface area (TPSA) is 54.9 Å². The van der Waals surface area contributed by atoms with Crippen LogP contribution in [0.4, 0.5) is 0 Å². The maximum absolute atomic E-state index is 12.4. The van der Waals surface area contributed by atoms with Crippen molar-refractivity contribution in [3.63, 3.8) is 0 Å². The number of carbonyl (C=O) groups is 1. The highest BCUT2D eigenvalue weighted by atomic mass is 32.2. The summed E-state index contributed by atoms with van der Waals surface area (Å²) in [6, 6.07) is 16.0. The average Bonchev–Trinajstić information content (AvgIpc) is 3.05.